The lowest BCUT2D eigenvalue weighted by Gasteiger charge is -2.13. The molecule has 0 aliphatic heterocycles. The Morgan fingerprint density at radius 3 is 2.45 bits per heavy atom. The number of anilines is 1. The number of nitrogens with one attached hydrogen (secondary N) is 1. The summed E-state index contributed by atoms with van der Waals surface area (Å²) in [7, 11) is -3.92. The largest absolute Gasteiger partial charge is 0.455 e. The lowest BCUT2D eigenvalue weighted by Crippen LogP contribution is -2.13. The molecule has 9 heteroatoms. The van der Waals surface area contributed by atoms with Crippen LogP contribution in [0.4, 0.5) is 5.13 Å². The number of aryl methyl sites for hydroxylation is 1. The van der Waals surface area contributed by atoms with E-state index in [2.05, 4.69) is 14.1 Å². The van der Waals surface area contributed by atoms with Crippen LogP contribution >= 0.6 is 11.5 Å². The lowest BCUT2D eigenvalue weighted by atomic mass is 10.0. The average Bonchev–Trinajstić information content (AvgIpc) is 3.18. The molecule has 0 unspecified atom stereocenters. The molecule has 0 atom stereocenters. The standard InChI is InChI=1S/C22H16N4O3S2/c1-15-24-22(30-25-15)26-31(27,28)18-11-12-20(17(13-18)14-23)29-21-10-6-5-9-19(21)16-7-3-2-4-8-16/h2-13H,1H3,(H,24,25,26). The highest BCUT2D eigenvalue weighted by atomic mass is 32.2. The summed E-state index contributed by atoms with van der Waals surface area (Å²) in [5.41, 5.74) is 1.92. The van der Waals surface area contributed by atoms with Crippen LogP contribution < -0.4 is 9.46 Å². The third-order valence-electron chi connectivity index (χ3n) is 4.32. The van der Waals surface area contributed by atoms with Crippen molar-refractivity contribution in [1.82, 2.24) is 9.36 Å². The number of nitrogens with zero attached hydrogens (tertiary/aromatic N) is 3. The Balaban J connectivity index is 1.66. The Labute approximate surface area is 183 Å². The first-order valence-corrected chi connectivity index (χ1v) is 11.4. The van der Waals surface area contributed by atoms with E-state index in [0.717, 1.165) is 22.7 Å². The van der Waals surface area contributed by atoms with Crippen molar-refractivity contribution in [3.63, 3.8) is 0 Å². The van der Waals surface area contributed by atoms with E-state index in [1.54, 1.807) is 13.0 Å². The average molecular weight is 449 g/mol. The van der Waals surface area contributed by atoms with Crippen LogP contribution in [-0.2, 0) is 10.0 Å². The zero-order valence-electron chi connectivity index (χ0n) is 16.3. The van der Waals surface area contributed by atoms with E-state index in [1.807, 2.05) is 54.6 Å². The fourth-order valence-corrected chi connectivity index (χ4v) is 4.72. The summed E-state index contributed by atoms with van der Waals surface area (Å²) in [5, 5.41) is 9.76. The molecule has 7 nitrogen and oxygen atoms in total. The monoisotopic (exact) mass is 448 g/mol. The molecule has 0 aliphatic rings. The second-order valence-corrected chi connectivity index (χ2v) is 8.92. The first-order valence-electron chi connectivity index (χ1n) is 9.16. The van der Waals surface area contributed by atoms with Crippen molar-refractivity contribution in [2.75, 3.05) is 4.72 Å². The number of ether oxygens (including phenoxy) is 1. The van der Waals surface area contributed by atoms with Crippen LogP contribution in [-0.4, -0.2) is 17.8 Å². The van der Waals surface area contributed by atoms with Crippen molar-refractivity contribution in [1.29, 1.82) is 5.26 Å². The fourth-order valence-electron chi connectivity index (χ4n) is 2.90. The number of benzene rings is 3. The quantitative estimate of drug-likeness (QED) is 0.446. The minimum atomic E-state index is -3.92. The summed E-state index contributed by atoms with van der Waals surface area (Å²) < 4.78 is 37.7. The molecule has 3 aromatic carbocycles. The molecule has 0 fully saturated rings. The Bertz CT molecular complexity index is 1380. The number of para-hydroxylation sites is 1. The van der Waals surface area contributed by atoms with Crippen molar-refractivity contribution in [3.8, 4) is 28.7 Å². The van der Waals surface area contributed by atoms with Crippen molar-refractivity contribution >= 4 is 26.7 Å². The third kappa shape index (κ3) is 4.55. The molecule has 1 heterocycles. The molecule has 0 saturated heterocycles. The maximum Gasteiger partial charge on any atom is 0.263 e. The number of aromatic nitrogens is 2. The van der Waals surface area contributed by atoms with Crippen molar-refractivity contribution in [3.05, 3.63) is 84.2 Å². The van der Waals surface area contributed by atoms with Crippen LogP contribution in [0.25, 0.3) is 11.1 Å². The van der Waals surface area contributed by atoms with Gasteiger partial charge in [0.1, 0.15) is 23.4 Å². The molecule has 0 saturated carbocycles. The zero-order valence-corrected chi connectivity index (χ0v) is 17.9. The molecule has 1 aromatic heterocycles. The van der Waals surface area contributed by atoms with E-state index < -0.39 is 10.0 Å². The number of hydrogen-bond acceptors (Lipinski definition) is 7. The molecular formula is C22H16N4O3S2. The van der Waals surface area contributed by atoms with E-state index in [-0.39, 0.29) is 21.3 Å². The third-order valence-corrected chi connectivity index (χ3v) is 6.51. The Hall–Kier alpha value is -3.74. The molecule has 4 aromatic rings. The second kappa shape index (κ2) is 8.55. The minimum absolute atomic E-state index is 0.0689. The molecule has 0 bridgehead atoms. The lowest BCUT2D eigenvalue weighted by molar-refractivity contribution is 0.482. The van der Waals surface area contributed by atoms with Crippen LogP contribution in [0, 0.1) is 18.3 Å². The highest BCUT2D eigenvalue weighted by Crippen LogP contribution is 2.35. The number of nitriles is 1. The van der Waals surface area contributed by atoms with Gasteiger partial charge in [0.25, 0.3) is 10.0 Å². The summed E-state index contributed by atoms with van der Waals surface area (Å²) in [6, 6.07) is 23.3. The van der Waals surface area contributed by atoms with Gasteiger partial charge in [-0.2, -0.15) is 9.64 Å². The van der Waals surface area contributed by atoms with Gasteiger partial charge in [0.05, 0.1) is 10.5 Å². The second-order valence-electron chi connectivity index (χ2n) is 6.49. The molecule has 0 spiro atoms. The van der Waals surface area contributed by atoms with Gasteiger partial charge in [0, 0.05) is 17.1 Å². The molecule has 4 rings (SSSR count). The van der Waals surface area contributed by atoms with Crippen LogP contribution in [0.2, 0.25) is 0 Å². The maximum absolute atomic E-state index is 12.7. The molecular weight excluding hydrogens is 432 g/mol. The van der Waals surface area contributed by atoms with Gasteiger partial charge in [-0.25, -0.2) is 13.4 Å². The molecule has 0 aliphatic carbocycles. The highest BCUT2D eigenvalue weighted by molar-refractivity contribution is 7.93. The predicted octanol–water partition coefficient (Wildman–Crippen LogP) is 4.98. The van der Waals surface area contributed by atoms with Gasteiger partial charge in [0.2, 0.25) is 5.13 Å². The Kier molecular flexibility index (Phi) is 5.66. The van der Waals surface area contributed by atoms with E-state index in [0.29, 0.717) is 11.6 Å². The summed E-state index contributed by atoms with van der Waals surface area (Å²) in [6.07, 6.45) is 0. The highest BCUT2D eigenvalue weighted by Gasteiger charge is 2.19. The van der Waals surface area contributed by atoms with Gasteiger partial charge in [-0.15, -0.1) is 0 Å². The van der Waals surface area contributed by atoms with Crippen LogP contribution in [0.5, 0.6) is 11.5 Å². The summed E-state index contributed by atoms with van der Waals surface area (Å²) in [4.78, 5) is 3.93. The van der Waals surface area contributed by atoms with Gasteiger partial charge in [-0.1, -0.05) is 48.5 Å². The van der Waals surface area contributed by atoms with Crippen molar-refractivity contribution in [2.45, 2.75) is 11.8 Å². The van der Waals surface area contributed by atoms with E-state index in [9.17, 15) is 13.7 Å². The van der Waals surface area contributed by atoms with Crippen molar-refractivity contribution < 1.29 is 13.2 Å². The van der Waals surface area contributed by atoms with E-state index in [4.69, 9.17) is 4.74 Å². The molecule has 154 valence electrons. The topological polar surface area (TPSA) is 105 Å². The number of rotatable bonds is 6. The number of sulfonamides is 1. The number of hydrogen-bond donors (Lipinski definition) is 1. The van der Waals surface area contributed by atoms with Gasteiger partial charge in [0.15, 0.2) is 0 Å². The maximum atomic E-state index is 12.7. The summed E-state index contributed by atoms with van der Waals surface area (Å²) in [5.74, 6) is 1.29. The first kappa shape index (κ1) is 20.5. The van der Waals surface area contributed by atoms with Gasteiger partial charge in [-0.05, 0) is 36.8 Å². The molecule has 1 N–H and O–H groups in total. The van der Waals surface area contributed by atoms with Gasteiger partial charge in [-0.3, -0.25) is 4.72 Å². The fraction of sp³-hybridized carbons (Fsp3) is 0.0455. The van der Waals surface area contributed by atoms with Crippen LogP contribution in [0.1, 0.15) is 11.4 Å². The molecule has 31 heavy (non-hydrogen) atoms. The van der Waals surface area contributed by atoms with Crippen LogP contribution in [0.15, 0.2) is 77.7 Å². The normalized spacial score (nSPS) is 11.0. The molecule has 0 amide bonds. The van der Waals surface area contributed by atoms with Crippen molar-refractivity contribution in [2.24, 2.45) is 0 Å². The molecule has 0 radical (unpaired) electrons. The van der Waals surface area contributed by atoms with E-state index in [1.165, 1.54) is 18.2 Å². The van der Waals surface area contributed by atoms with E-state index >= 15 is 0 Å². The minimum Gasteiger partial charge on any atom is -0.455 e. The SMILES string of the molecule is Cc1nsc(NS(=O)(=O)c2ccc(Oc3ccccc3-c3ccccc3)c(C#N)c2)n1. The smallest absolute Gasteiger partial charge is 0.263 e. The van der Waals surface area contributed by atoms with Crippen LogP contribution in [0.3, 0.4) is 0 Å². The predicted molar refractivity (Wildman–Crippen MR) is 119 cm³/mol. The van der Waals surface area contributed by atoms with Gasteiger partial charge >= 0.3 is 0 Å². The summed E-state index contributed by atoms with van der Waals surface area (Å²) in [6.45, 7) is 1.67. The van der Waals surface area contributed by atoms with Gasteiger partial charge < -0.3 is 4.74 Å². The zero-order chi connectivity index (χ0) is 21.8. The Morgan fingerprint density at radius 2 is 1.74 bits per heavy atom. The Morgan fingerprint density at radius 1 is 1.00 bits per heavy atom. The first-order chi connectivity index (χ1) is 15.0. The summed E-state index contributed by atoms with van der Waals surface area (Å²) >= 11 is 0.944.